The number of hydrogen-bond donors (Lipinski definition) is 0. The van der Waals surface area contributed by atoms with Gasteiger partial charge in [-0.15, -0.1) is 0 Å². The molecule has 0 heterocycles. The fourth-order valence-corrected chi connectivity index (χ4v) is 3.20. The van der Waals surface area contributed by atoms with E-state index in [2.05, 4.69) is 43.4 Å². The Morgan fingerprint density at radius 1 is 1.05 bits per heavy atom. The minimum atomic E-state index is -2.33. The smallest absolute Gasteiger partial charge is 0.162 e. The fourth-order valence-electron chi connectivity index (χ4n) is 1.78. The maximum atomic E-state index is 12.0. The first-order valence-electron chi connectivity index (χ1n) is 6.69. The summed E-state index contributed by atoms with van der Waals surface area (Å²) in [5, 5.41) is 0. The lowest BCUT2D eigenvalue weighted by Gasteiger charge is -2.66. The van der Waals surface area contributed by atoms with E-state index in [4.69, 9.17) is 4.74 Å². The molecule has 0 bridgehead atoms. The van der Waals surface area contributed by atoms with Crippen molar-refractivity contribution in [2.24, 2.45) is 0 Å². The van der Waals surface area contributed by atoms with Crippen molar-refractivity contribution in [1.82, 2.24) is 0 Å². The Bertz CT molecular complexity index is 495. The van der Waals surface area contributed by atoms with E-state index in [0.717, 1.165) is 11.3 Å². The number of carbonyl (C=O) groups excluding carboxylic acids is 1. The largest absolute Gasteiger partial charge is 0.494 e. The van der Waals surface area contributed by atoms with E-state index in [1.54, 1.807) is 0 Å². The van der Waals surface area contributed by atoms with Crippen LogP contribution in [-0.4, -0.2) is 43.7 Å². The summed E-state index contributed by atoms with van der Waals surface area (Å²) in [5.41, 5.74) is 0.766. The number of carbonyl (C=O) groups is 1. The SMILES string of the molecule is CCOc1cc(C(=O)CC)cc(S(C)(C)(C)(C)C)c1. The molecule has 1 aromatic carbocycles. The van der Waals surface area contributed by atoms with Gasteiger partial charge in [0.2, 0.25) is 0 Å². The number of hydrogen-bond acceptors (Lipinski definition) is 2. The van der Waals surface area contributed by atoms with Crippen LogP contribution < -0.4 is 4.74 Å². The molecule has 0 fully saturated rings. The van der Waals surface area contributed by atoms with Crippen molar-refractivity contribution in [2.75, 3.05) is 37.9 Å². The Morgan fingerprint density at radius 3 is 2.05 bits per heavy atom. The molecule has 0 aliphatic carbocycles. The van der Waals surface area contributed by atoms with Crippen molar-refractivity contribution in [3.63, 3.8) is 0 Å². The molecule has 0 amide bonds. The highest BCUT2D eigenvalue weighted by atomic mass is 32.4. The van der Waals surface area contributed by atoms with Gasteiger partial charge in [-0.3, -0.25) is 13.1 Å². The highest BCUT2D eigenvalue weighted by molar-refractivity contribution is 8.62. The summed E-state index contributed by atoms with van der Waals surface area (Å²) in [4.78, 5) is 13.2. The van der Waals surface area contributed by atoms with Crippen molar-refractivity contribution >= 4 is 14.1 Å². The van der Waals surface area contributed by atoms with Crippen molar-refractivity contribution in [1.29, 1.82) is 0 Å². The molecule has 0 aromatic heterocycles. The average molecular weight is 284 g/mol. The van der Waals surface area contributed by atoms with Crippen LogP contribution in [0.25, 0.3) is 0 Å². The highest BCUT2D eigenvalue weighted by Gasteiger charge is 2.39. The van der Waals surface area contributed by atoms with Crippen molar-refractivity contribution in [3.8, 4) is 5.75 Å². The van der Waals surface area contributed by atoms with E-state index in [1.165, 1.54) is 4.90 Å². The predicted molar refractivity (Wildman–Crippen MR) is 87.7 cm³/mol. The van der Waals surface area contributed by atoms with Gasteiger partial charge < -0.3 is 4.74 Å². The first kappa shape index (κ1) is 16.1. The van der Waals surface area contributed by atoms with Crippen LogP contribution in [0, 0.1) is 0 Å². The molecule has 0 unspecified atom stereocenters. The lowest BCUT2D eigenvalue weighted by molar-refractivity contribution is 0.0987. The van der Waals surface area contributed by atoms with Gasteiger partial charge in [-0.25, -0.2) is 0 Å². The fraction of sp³-hybridized carbons (Fsp3) is 0.562. The van der Waals surface area contributed by atoms with Gasteiger partial charge in [-0.2, -0.15) is 0 Å². The zero-order valence-corrected chi connectivity index (χ0v) is 14.2. The second-order valence-corrected chi connectivity index (χ2v) is 18.7. The summed E-state index contributed by atoms with van der Waals surface area (Å²) >= 11 is 0. The Hall–Kier alpha value is -0.960. The quantitative estimate of drug-likeness (QED) is 0.762. The third-order valence-corrected chi connectivity index (χ3v) is 5.61. The van der Waals surface area contributed by atoms with Gasteiger partial charge in [0.05, 0.1) is 6.61 Å². The van der Waals surface area contributed by atoms with Crippen LogP contribution in [0.3, 0.4) is 0 Å². The van der Waals surface area contributed by atoms with Gasteiger partial charge in [0.1, 0.15) is 5.75 Å². The standard InChI is InChI=1S/C16H28O2S/c1-8-16(17)13-10-14(18-9-2)12-15(11-13)19(3,4,5,6)7/h10-12H,8-9H2,1-7H3. The number of benzene rings is 1. The molecule has 0 N–H and O–H groups in total. The molecule has 1 rings (SSSR count). The van der Waals surface area contributed by atoms with Gasteiger partial charge in [-0.1, -0.05) is 6.92 Å². The molecule has 110 valence electrons. The monoisotopic (exact) mass is 284 g/mol. The zero-order chi connectivity index (χ0) is 15.0. The number of ether oxygens (including phenoxy) is 1. The molecule has 0 saturated heterocycles. The van der Waals surface area contributed by atoms with E-state index >= 15 is 0 Å². The number of ketones is 1. The van der Waals surface area contributed by atoms with E-state index < -0.39 is 8.29 Å². The van der Waals surface area contributed by atoms with Gasteiger partial charge >= 0.3 is 0 Å². The first-order valence-corrected chi connectivity index (χ1v) is 11.2. The van der Waals surface area contributed by atoms with E-state index in [-0.39, 0.29) is 5.78 Å². The molecular weight excluding hydrogens is 256 g/mol. The molecule has 0 spiro atoms. The predicted octanol–water partition coefficient (Wildman–Crippen LogP) is 4.06. The Morgan fingerprint density at radius 2 is 1.63 bits per heavy atom. The molecule has 0 saturated carbocycles. The summed E-state index contributed by atoms with van der Waals surface area (Å²) < 4.78 is 5.63. The Balaban J connectivity index is 3.50. The molecule has 0 aliphatic rings. The van der Waals surface area contributed by atoms with Crippen LogP contribution in [0.4, 0.5) is 0 Å². The summed E-state index contributed by atoms with van der Waals surface area (Å²) in [6.07, 6.45) is 12.0. The van der Waals surface area contributed by atoms with Crippen LogP contribution >= 0.6 is 8.29 Å². The van der Waals surface area contributed by atoms with Crippen molar-refractivity contribution < 1.29 is 9.53 Å². The first-order chi connectivity index (χ1) is 8.37. The zero-order valence-electron chi connectivity index (χ0n) is 13.4. The van der Waals surface area contributed by atoms with E-state index in [9.17, 15) is 4.79 Å². The molecular formula is C16H28O2S. The number of rotatable bonds is 5. The Kier molecular flexibility index (Phi) is 3.62. The normalized spacial score (nSPS) is 15.5. The van der Waals surface area contributed by atoms with Crippen molar-refractivity contribution in [3.05, 3.63) is 23.8 Å². The lowest BCUT2D eigenvalue weighted by atomic mass is 10.1. The molecule has 0 atom stereocenters. The summed E-state index contributed by atoms with van der Waals surface area (Å²) in [5.74, 6) is 0.973. The van der Waals surface area contributed by atoms with Crippen LogP contribution in [0.5, 0.6) is 5.75 Å². The minimum Gasteiger partial charge on any atom is -0.494 e. The number of Topliss-reactive ketones (excluding diaryl/α,β-unsaturated/α-hetero) is 1. The van der Waals surface area contributed by atoms with E-state index in [1.807, 2.05) is 19.9 Å². The molecule has 19 heavy (non-hydrogen) atoms. The van der Waals surface area contributed by atoms with Crippen molar-refractivity contribution in [2.45, 2.75) is 25.2 Å². The topological polar surface area (TPSA) is 26.3 Å². The van der Waals surface area contributed by atoms with Gasteiger partial charge in [-0.05, 0) is 61.3 Å². The van der Waals surface area contributed by atoms with Crippen LogP contribution in [0.15, 0.2) is 23.1 Å². The van der Waals surface area contributed by atoms with Crippen LogP contribution in [-0.2, 0) is 0 Å². The minimum absolute atomic E-state index is 0.171. The van der Waals surface area contributed by atoms with Gasteiger partial charge in [0, 0.05) is 12.0 Å². The molecule has 2 nitrogen and oxygen atoms in total. The average Bonchev–Trinajstić information content (AvgIpc) is 2.25. The van der Waals surface area contributed by atoms with E-state index in [0.29, 0.717) is 13.0 Å². The molecule has 0 aliphatic heterocycles. The lowest BCUT2D eigenvalue weighted by Crippen LogP contribution is -2.29. The summed E-state index contributed by atoms with van der Waals surface area (Å²) in [6, 6.07) is 6.01. The highest BCUT2D eigenvalue weighted by Crippen LogP contribution is 2.81. The van der Waals surface area contributed by atoms with Crippen LogP contribution in [0.2, 0.25) is 0 Å². The summed E-state index contributed by atoms with van der Waals surface area (Å²) in [7, 11) is -2.33. The summed E-state index contributed by atoms with van der Waals surface area (Å²) in [6.45, 7) is 4.47. The Labute approximate surface area is 116 Å². The molecule has 0 radical (unpaired) electrons. The maximum Gasteiger partial charge on any atom is 0.162 e. The van der Waals surface area contributed by atoms with Gasteiger partial charge in [0.25, 0.3) is 0 Å². The van der Waals surface area contributed by atoms with Gasteiger partial charge in [0.15, 0.2) is 5.78 Å². The van der Waals surface area contributed by atoms with Crippen LogP contribution in [0.1, 0.15) is 30.6 Å². The molecule has 1 aromatic rings. The molecule has 3 heteroatoms. The second-order valence-electron chi connectivity index (χ2n) is 8.01. The third kappa shape index (κ3) is 4.27. The second kappa shape index (κ2) is 4.27. The maximum absolute atomic E-state index is 12.0. The third-order valence-electron chi connectivity index (χ3n) is 3.01.